The number of hydrogen-bond donors (Lipinski definition) is 0. The molecule has 2 heterocycles. The van der Waals surface area contributed by atoms with E-state index in [1.54, 1.807) is 0 Å². The number of nitrogens with zero attached hydrogens (tertiary/aromatic N) is 3. The van der Waals surface area contributed by atoms with E-state index in [1.165, 1.54) is 22.5 Å². The van der Waals surface area contributed by atoms with Crippen molar-refractivity contribution >= 4 is 10.0 Å². The third-order valence-corrected chi connectivity index (χ3v) is 6.62. The van der Waals surface area contributed by atoms with Crippen LogP contribution in [0.5, 0.6) is 0 Å². The number of sulfonamides is 1. The molecular formula is C18H24FN3O2S. The standard InChI is InChI=1S/C18H24FN3O2S/c1-14(2)18-20-8-11-21(18)13-15-6-9-22(10-7-15)25(23,24)17-5-3-4-16(19)12-17/h3-5,8,11-12,14-15H,6-7,9-10,13H2,1-2H3. The second-order valence-electron chi connectivity index (χ2n) is 6.90. The van der Waals surface area contributed by atoms with E-state index in [9.17, 15) is 12.8 Å². The summed E-state index contributed by atoms with van der Waals surface area (Å²) in [6, 6.07) is 5.22. The van der Waals surface area contributed by atoms with Crippen molar-refractivity contribution in [3.63, 3.8) is 0 Å². The van der Waals surface area contributed by atoms with E-state index in [4.69, 9.17) is 0 Å². The Morgan fingerprint density at radius 1 is 1.28 bits per heavy atom. The van der Waals surface area contributed by atoms with Gasteiger partial charge in [0.2, 0.25) is 10.0 Å². The molecule has 0 radical (unpaired) electrons. The van der Waals surface area contributed by atoms with Gasteiger partial charge >= 0.3 is 0 Å². The van der Waals surface area contributed by atoms with E-state index in [1.807, 2.05) is 12.4 Å². The summed E-state index contributed by atoms with van der Waals surface area (Å²) in [5.41, 5.74) is 0. The Morgan fingerprint density at radius 2 is 2.00 bits per heavy atom. The summed E-state index contributed by atoms with van der Waals surface area (Å²) in [7, 11) is -3.62. The number of benzene rings is 1. The molecule has 5 nitrogen and oxygen atoms in total. The van der Waals surface area contributed by atoms with Crippen molar-refractivity contribution in [2.24, 2.45) is 5.92 Å². The first kappa shape index (κ1) is 18.1. The van der Waals surface area contributed by atoms with Gasteiger partial charge in [0.1, 0.15) is 11.6 Å². The molecule has 3 rings (SSSR count). The molecule has 0 N–H and O–H groups in total. The Hall–Kier alpha value is -1.73. The van der Waals surface area contributed by atoms with E-state index >= 15 is 0 Å². The summed E-state index contributed by atoms with van der Waals surface area (Å²) in [6.45, 7) is 6.03. The van der Waals surface area contributed by atoms with Gasteiger partial charge in [-0.15, -0.1) is 0 Å². The monoisotopic (exact) mass is 365 g/mol. The zero-order valence-electron chi connectivity index (χ0n) is 14.6. The summed E-state index contributed by atoms with van der Waals surface area (Å²) in [6.07, 6.45) is 5.40. The lowest BCUT2D eigenvalue weighted by Gasteiger charge is -2.31. The maximum absolute atomic E-state index is 13.3. The number of halogens is 1. The van der Waals surface area contributed by atoms with Crippen molar-refractivity contribution in [2.45, 2.75) is 44.0 Å². The van der Waals surface area contributed by atoms with Gasteiger partial charge in [0.25, 0.3) is 0 Å². The molecule has 1 aromatic carbocycles. The van der Waals surface area contributed by atoms with Crippen molar-refractivity contribution in [2.75, 3.05) is 13.1 Å². The van der Waals surface area contributed by atoms with Crippen LogP contribution in [0.3, 0.4) is 0 Å². The van der Waals surface area contributed by atoms with Crippen LogP contribution in [-0.4, -0.2) is 35.4 Å². The second-order valence-corrected chi connectivity index (χ2v) is 8.84. The third-order valence-electron chi connectivity index (χ3n) is 4.73. The van der Waals surface area contributed by atoms with Crippen molar-refractivity contribution in [1.82, 2.24) is 13.9 Å². The molecule has 0 spiro atoms. The van der Waals surface area contributed by atoms with Gasteiger partial charge in [-0.1, -0.05) is 19.9 Å². The van der Waals surface area contributed by atoms with Crippen molar-refractivity contribution in [3.8, 4) is 0 Å². The first-order valence-electron chi connectivity index (χ1n) is 8.64. The highest BCUT2D eigenvalue weighted by Gasteiger charge is 2.30. The maximum Gasteiger partial charge on any atom is 0.243 e. The van der Waals surface area contributed by atoms with Crippen LogP contribution in [0.15, 0.2) is 41.6 Å². The van der Waals surface area contributed by atoms with Crippen LogP contribution in [0.25, 0.3) is 0 Å². The molecule has 0 amide bonds. The van der Waals surface area contributed by atoms with Gasteiger partial charge < -0.3 is 4.57 Å². The molecule has 0 aliphatic carbocycles. The van der Waals surface area contributed by atoms with Crippen LogP contribution < -0.4 is 0 Å². The van der Waals surface area contributed by atoms with Crippen LogP contribution in [0, 0.1) is 11.7 Å². The molecule has 1 fully saturated rings. The van der Waals surface area contributed by atoms with Crippen molar-refractivity contribution < 1.29 is 12.8 Å². The molecule has 7 heteroatoms. The lowest BCUT2D eigenvalue weighted by atomic mass is 9.98. The Bertz CT molecular complexity index is 824. The number of rotatable bonds is 5. The zero-order chi connectivity index (χ0) is 18.0. The fourth-order valence-corrected chi connectivity index (χ4v) is 4.86. The van der Waals surface area contributed by atoms with Gasteiger partial charge in [-0.25, -0.2) is 17.8 Å². The highest BCUT2D eigenvalue weighted by atomic mass is 32.2. The van der Waals surface area contributed by atoms with Gasteiger partial charge in [-0.2, -0.15) is 4.31 Å². The smallest absolute Gasteiger partial charge is 0.243 e. The van der Waals surface area contributed by atoms with Crippen LogP contribution in [0.2, 0.25) is 0 Å². The minimum absolute atomic E-state index is 0.0302. The van der Waals surface area contributed by atoms with Crippen LogP contribution in [0.1, 0.15) is 38.4 Å². The Labute approximate surface area is 148 Å². The number of hydrogen-bond acceptors (Lipinski definition) is 3. The summed E-state index contributed by atoms with van der Waals surface area (Å²) >= 11 is 0. The Balaban J connectivity index is 1.64. The predicted molar refractivity (Wildman–Crippen MR) is 94.2 cm³/mol. The second kappa shape index (κ2) is 7.25. The minimum Gasteiger partial charge on any atom is -0.334 e. The van der Waals surface area contributed by atoms with Gasteiger partial charge in [0, 0.05) is 37.9 Å². The van der Waals surface area contributed by atoms with Crippen LogP contribution in [-0.2, 0) is 16.6 Å². The van der Waals surface area contributed by atoms with E-state index in [0.717, 1.165) is 31.3 Å². The lowest BCUT2D eigenvalue weighted by Crippen LogP contribution is -2.39. The molecule has 25 heavy (non-hydrogen) atoms. The van der Waals surface area contributed by atoms with Gasteiger partial charge in [0.05, 0.1) is 4.90 Å². The normalized spacial score (nSPS) is 17.3. The minimum atomic E-state index is -3.62. The Morgan fingerprint density at radius 3 is 2.64 bits per heavy atom. The molecule has 0 saturated carbocycles. The maximum atomic E-state index is 13.3. The molecule has 1 aliphatic heterocycles. The van der Waals surface area contributed by atoms with Crippen LogP contribution in [0.4, 0.5) is 4.39 Å². The summed E-state index contributed by atoms with van der Waals surface area (Å²) < 4.78 is 42.3. The van der Waals surface area contributed by atoms with Gasteiger partial charge in [-0.05, 0) is 37.0 Å². The molecule has 136 valence electrons. The summed E-state index contributed by atoms with van der Waals surface area (Å²) in [5, 5.41) is 0. The van der Waals surface area contributed by atoms with Crippen molar-refractivity contribution in [3.05, 3.63) is 48.3 Å². The molecule has 1 saturated heterocycles. The average molecular weight is 365 g/mol. The van der Waals surface area contributed by atoms with E-state index in [2.05, 4.69) is 23.4 Å². The molecular weight excluding hydrogens is 341 g/mol. The van der Waals surface area contributed by atoms with Gasteiger partial charge in [0.15, 0.2) is 0 Å². The number of aromatic nitrogens is 2. The van der Waals surface area contributed by atoms with Gasteiger partial charge in [-0.3, -0.25) is 0 Å². The number of imidazole rings is 1. The molecule has 0 unspecified atom stereocenters. The van der Waals surface area contributed by atoms with E-state index in [-0.39, 0.29) is 4.90 Å². The molecule has 0 atom stereocenters. The zero-order valence-corrected chi connectivity index (χ0v) is 15.4. The topological polar surface area (TPSA) is 55.2 Å². The quantitative estimate of drug-likeness (QED) is 0.817. The molecule has 1 aliphatic rings. The summed E-state index contributed by atoms with van der Waals surface area (Å²) in [5.74, 6) is 1.32. The van der Waals surface area contributed by atoms with Crippen molar-refractivity contribution in [1.29, 1.82) is 0 Å². The van der Waals surface area contributed by atoms with Crippen LogP contribution >= 0.6 is 0 Å². The molecule has 1 aromatic heterocycles. The highest BCUT2D eigenvalue weighted by Crippen LogP contribution is 2.26. The largest absolute Gasteiger partial charge is 0.334 e. The third kappa shape index (κ3) is 3.93. The molecule has 0 bridgehead atoms. The average Bonchev–Trinajstić information content (AvgIpc) is 3.04. The SMILES string of the molecule is CC(C)c1nccn1CC1CCN(S(=O)(=O)c2cccc(F)c2)CC1. The van der Waals surface area contributed by atoms with E-state index in [0.29, 0.717) is 24.9 Å². The number of piperidine rings is 1. The lowest BCUT2D eigenvalue weighted by molar-refractivity contribution is 0.251. The Kier molecular flexibility index (Phi) is 5.24. The van der Waals surface area contributed by atoms with E-state index < -0.39 is 15.8 Å². The first-order valence-corrected chi connectivity index (χ1v) is 10.1. The molecule has 2 aromatic rings. The fourth-order valence-electron chi connectivity index (χ4n) is 3.36. The predicted octanol–water partition coefficient (Wildman–Crippen LogP) is 3.25. The highest BCUT2D eigenvalue weighted by molar-refractivity contribution is 7.89. The summed E-state index contributed by atoms with van der Waals surface area (Å²) in [4.78, 5) is 4.43. The first-order chi connectivity index (χ1) is 11.9. The fraction of sp³-hybridized carbons (Fsp3) is 0.500.